The molecule has 0 spiro atoms. The van der Waals surface area contributed by atoms with E-state index in [-0.39, 0.29) is 12.6 Å². The summed E-state index contributed by atoms with van der Waals surface area (Å²) in [5.41, 5.74) is 0.549. The summed E-state index contributed by atoms with van der Waals surface area (Å²) < 4.78 is 4.94. The largest absolute Gasteiger partial charge is 0.463 e. The van der Waals surface area contributed by atoms with E-state index in [1.54, 1.807) is 0 Å². The molecule has 96 valence electrons. The quantitative estimate of drug-likeness (QED) is 0.854. The summed E-state index contributed by atoms with van der Waals surface area (Å²) in [6.45, 7) is 0.214. The number of aliphatic hydroxyl groups is 1. The molecule has 0 aliphatic carbocycles. The number of cyclic esters (lactones) is 1. The van der Waals surface area contributed by atoms with Gasteiger partial charge < -0.3 is 9.84 Å². The third kappa shape index (κ3) is 1.74. The summed E-state index contributed by atoms with van der Waals surface area (Å²) in [7, 11) is 0. The highest BCUT2D eigenvalue weighted by Crippen LogP contribution is 2.44. The molecule has 1 fully saturated rings. The lowest BCUT2D eigenvalue weighted by atomic mass is 9.71. The van der Waals surface area contributed by atoms with Crippen molar-refractivity contribution in [1.82, 2.24) is 0 Å². The van der Waals surface area contributed by atoms with Crippen LogP contribution in [0.2, 0.25) is 0 Å². The molecule has 2 aromatic carbocycles. The minimum Gasteiger partial charge on any atom is -0.463 e. The van der Waals surface area contributed by atoms with Gasteiger partial charge >= 0.3 is 5.97 Å². The van der Waals surface area contributed by atoms with Gasteiger partial charge in [-0.1, -0.05) is 60.7 Å². The number of esters is 1. The molecule has 0 bridgehead atoms. The molecule has 3 rings (SSSR count). The van der Waals surface area contributed by atoms with Gasteiger partial charge in [-0.3, -0.25) is 4.79 Å². The molecule has 0 saturated carbocycles. The van der Waals surface area contributed by atoms with E-state index in [2.05, 4.69) is 0 Å². The molecule has 0 aromatic heterocycles. The number of aliphatic hydroxyl groups excluding tert-OH is 1. The SMILES string of the molecule is O=C1OCC1(c1ccccc1)C(O)c1ccccc1. The fourth-order valence-corrected chi connectivity index (χ4v) is 2.49. The van der Waals surface area contributed by atoms with Crippen molar-refractivity contribution in [3.63, 3.8) is 0 Å². The molecule has 0 radical (unpaired) electrons. The van der Waals surface area contributed by atoms with Gasteiger partial charge in [-0.05, 0) is 11.1 Å². The summed E-state index contributed by atoms with van der Waals surface area (Å²) in [6.07, 6.45) is -0.891. The maximum absolute atomic E-state index is 12.0. The van der Waals surface area contributed by atoms with Gasteiger partial charge in [0.1, 0.15) is 12.7 Å². The van der Waals surface area contributed by atoms with Crippen LogP contribution in [-0.4, -0.2) is 17.7 Å². The molecule has 19 heavy (non-hydrogen) atoms. The van der Waals surface area contributed by atoms with E-state index in [1.807, 2.05) is 60.7 Å². The van der Waals surface area contributed by atoms with Crippen LogP contribution >= 0.6 is 0 Å². The Balaban J connectivity index is 2.05. The first kappa shape index (κ1) is 11.9. The van der Waals surface area contributed by atoms with Crippen LogP contribution in [0.3, 0.4) is 0 Å². The number of hydrogen-bond donors (Lipinski definition) is 1. The predicted molar refractivity (Wildman–Crippen MR) is 70.5 cm³/mol. The molecular weight excluding hydrogens is 240 g/mol. The van der Waals surface area contributed by atoms with E-state index in [9.17, 15) is 9.90 Å². The van der Waals surface area contributed by atoms with Crippen LogP contribution < -0.4 is 0 Å². The van der Waals surface area contributed by atoms with Gasteiger partial charge in [0.05, 0.1) is 0 Å². The second-order valence-electron chi connectivity index (χ2n) is 4.73. The van der Waals surface area contributed by atoms with Crippen LogP contribution in [0, 0.1) is 0 Å². The molecular formula is C16H14O3. The van der Waals surface area contributed by atoms with Crippen LogP contribution in [0.1, 0.15) is 17.2 Å². The summed E-state index contributed by atoms with van der Waals surface area (Å²) in [5, 5.41) is 10.6. The Labute approximate surface area is 111 Å². The Morgan fingerprint density at radius 2 is 1.58 bits per heavy atom. The van der Waals surface area contributed by atoms with Gasteiger partial charge in [0, 0.05) is 0 Å². The van der Waals surface area contributed by atoms with Crippen LogP contribution in [0.15, 0.2) is 60.7 Å². The molecule has 2 aromatic rings. The molecule has 3 heteroatoms. The van der Waals surface area contributed by atoms with Crippen molar-refractivity contribution in [2.75, 3.05) is 6.61 Å². The van der Waals surface area contributed by atoms with Crippen molar-refractivity contribution in [3.05, 3.63) is 71.8 Å². The lowest BCUT2D eigenvalue weighted by Crippen LogP contribution is -2.56. The average Bonchev–Trinajstić information content (AvgIpc) is 2.48. The van der Waals surface area contributed by atoms with Gasteiger partial charge in [-0.25, -0.2) is 0 Å². The van der Waals surface area contributed by atoms with Crippen molar-refractivity contribution >= 4 is 5.97 Å². The number of rotatable bonds is 3. The first-order valence-electron chi connectivity index (χ1n) is 6.21. The maximum Gasteiger partial charge on any atom is 0.323 e. The Bertz CT molecular complexity index is 579. The molecule has 1 heterocycles. The van der Waals surface area contributed by atoms with E-state index in [4.69, 9.17) is 4.74 Å². The van der Waals surface area contributed by atoms with Crippen molar-refractivity contribution in [3.8, 4) is 0 Å². The fourth-order valence-electron chi connectivity index (χ4n) is 2.49. The maximum atomic E-state index is 12.0. The molecule has 2 unspecified atom stereocenters. The highest BCUT2D eigenvalue weighted by atomic mass is 16.6. The molecule has 1 saturated heterocycles. The van der Waals surface area contributed by atoms with E-state index >= 15 is 0 Å². The van der Waals surface area contributed by atoms with Crippen LogP contribution in [0.5, 0.6) is 0 Å². The first-order valence-corrected chi connectivity index (χ1v) is 6.21. The second kappa shape index (κ2) is 4.52. The fraction of sp³-hybridized carbons (Fsp3) is 0.188. The third-order valence-electron chi connectivity index (χ3n) is 3.67. The summed E-state index contributed by atoms with van der Waals surface area (Å²) >= 11 is 0. The lowest BCUT2D eigenvalue weighted by molar-refractivity contribution is -0.184. The smallest absolute Gasteiger partial charge is 0.323 e. The Morgan fingerprint density at radius 3 is 2.05 bits per heavy atom. The number of benzene rings is 2. The monoisotopic (exact) mass is 254 g/mol. The summed E-state index contributed by atoms with van der Waals surface area (Å²) in [4.78, 5) is 12.0. The van der Waals surface area contributed by atoms with Gasteiger partial charge in [-0.15, -0.1) is 0 Å². The zero-order chi connectivity index (χ0) is 13.3. The lowest BCUT2D eigenvalue weighted by Gasteiger charge is -2.42. The summed E-state index contributed by atoms with van der Waals surface area (Å²) in [6, 6.07) is 18.5. The molecule has 1 aliphatic heterocycles. The van der Waals surface area contributed by atoms with Gasteiger partial charge in [0.15, 0.2) is 5.41 Å². The van der Waals surface area contributed by atoms with Crippen molar-refractivity contribution in [2.24, 2.45) is 0 Å². The highest BCUT2D eigenvalue weighted by Gasteiger charge is 2.56. The average molecular weight is 254 g/mol. The number of hydrogen-bond acceptors (Lipinski definition) is 3. The van der Waals surface area contributed by atoms with Gasteiger partial charge in [-0.2, -0.15) is 0 Å². The molecule has 2 atom stereocenters. The third-order valence-corrected chi connectivity index (χ3v) is 3.67. The van der Waals surface area contributed by atoms with Crippen molar-refractivity contribution in [2.45, 2.75) is 11.5 Å². The zero-order valence-electron chi connectivity index (χ0n) is 10.3. The minimum atomic E-state index is -0.970. The highest BCUT2D eigenvalue weighted by molar-refractivity contribution is 5.89. The Morgan fingerprint density at radius 1 is 1.00 bits per heavy atom. The normalized spacial score (nSPS) is 23.3. The van der Waals surface area contributed by atoms with Crippen molar-refractivity contribution in [1.29, 1.82) is 0 Å². The summed E-state index contributed by atoms with van der Waals surface area (Å²) in [5.74, 6) is -0.366. The van der Waals surface area contributed by atoms with E-state index in [0.29, 0.717) is 0 Å². The molecule has 0 amide bonds. The van der Waals surface area contributed by atoms with E-state index in [0.717, 1.165) is 11.1 Å². The second-order valence-corrected chi connectivity index (χ2v) is 4.73. The Kier molecular flexibility index (Phi) is 2.84. The first-order chi connectivity index (χ1) is 9.25. The molecule has 1 aliphatic rings. The van der Waals surface area contributed by atoms with E-state index < -0.39 is 11.5 Å². The number of ether oxygens (including phenoxy) is 1. The number of carbonyl (C=O) groups excluding carboxylic acids is 1. The minimum absolute atomic E-state index is 0.214. The van der Waals surface area contributed by atoms with Crippen LogP contribution in [0.25, 0.3) is 0 Å². The van der Waals surface area contributed by atoms with Crippen LogP contribution in [0.4, 0.5) is 0 Å². The van der Waals surface area contributed by atoms with Gasteiger partial charge in [0.2, 0.25) is 0 Å². The van der Waals surface area contributed by atoms with Crippen molar-refractivity contribution < 1.29 is 14.6 Å². The standard InChI is InChI=1S/C16H14O3/c17-14(12-7-3-1-4-8-12)16(11-19-15(16)18)13-9-5-2-6-10-13/h1-10,14,17H,11H2. The molecule has 1 N–H and O–H groups in total. The Hall–Kier alpha value is -2.13. The molecule has 3 nitrogen and oxygen atoms in total. The topological polar surface area (TPSA) is 46.5 Å². The predicted octanol–water partition coefficient (Wildman–Crippen LogP) is 2.21. The van der Waals surface area contributed by atoms with Crippen LogP contribution in [-0.2, 0) is 14.9 Å². The number of carbonyl (C=O) groups is 1. The van der Waals surface area contributed by atoms with Gasteiger partial charge in [0.25, 0.3) is 0 Å². The van der Waals surface area contributed by atoms with E-state index in [1.165, 1.54) is 0 Å². The zero-order valence-corrected chi connectivity index (χ0v) is 10.3.